The van der Waals surface area contributed by atoms with Crippen LogP contribution in [0.4, 0.5) is 0 Å². The lowest BCUT2D eigenvalue weighted by molar-refractivity contribution is 0.118. The average molecular weight is 270 g/mol. The van der Waals surface area contributed by atoms with Gasteiger partial charge in [-0.05, 0) is 28.1 Å². The summed E-state index contributed by atoms with van der Waals surface area (Å²) in [6.07, 6.45) is 1.79. The van der Waals surface area contributed by atoms with Gasteiger partial charge in [0.1, 0.15) is 0 Å². The minimum absolute atomic E-state index is 0.112. The van der Waals surface area contributed by atoms with Gasteiger partial charge in [0.05, 0.1) is 19.8 Å². The fraction of sp³-hybridized carbons (Fsp3) is 0.545. The summed E-state index contributed by atoms with van der Waals surface area (Å²) >= 11 is 3.37. The van der Waals surface area contributed by atoms with Crippen molar-refractivity contribution in [2.24, 2.45) is 11.8 Å². The maximum Gasteiger partial charge on any atom is 0.0550 e. The fourth-order valence-corrected chi connectivity index (χ4v) is 3.04. The predicted molar refractivity (Wildman–Crippen MR) is 58.5 cm³/mol. The van der Waals surface area contributed by atoms with E-state index in [-0.39, 0.29) is 12.0 Å². The molecule has 2 fully saturated rings. The Morgan fingerprint density at radius 3 is 2.73 bits per heavy atom. The number of hydrogen-bond donors (Lipinski definition) is 1. The Morgan fingerprint density at radius 1 is 1.47 bits per heavy atom. The highest BCUT2D eigenvalue weighted by Gasteiger charge is 2.68. The maximum absolute atomic E-state index is 9.58. The van der Waals surface area contributed by atoms with Gasteiger partial charge in [-0.15, -0.1) is 0 Å². The number of pyridine rings is 1. The Labute approximate surface area is 96.6 Å². The number of aliphatic hydroxyl groups is 1. The number of halogens is 1. The summed E-state index contributed by atoms with van der Waals surface area (Å²) in [5.41, 5.74) is 0.894. The van der Waals surface area contributed by atoms with Crippen molar-refractivity contribution in [3.05, 3.63) is 28.5 Å². The molecule has 1 saturated carbocycles. The van der Waals surface area contributed by atoms with Gasteiger partial charge in [0.15, 0.2) is 0 Å². The first-order chi connectivity index (χ1) is 7.29. The van der Waals surface area contributed by atoms with E-state index in [1.54, 1.807) is 6.20 Å². The molecule has 80 valence electrons. The van der Waals surface area contributed by atoms with E-state index in [4.69, 9.17) is 4.74 Å². The van der Waals surface area contributed by atoms with Gasteiger partial charge < -0.3 is 9.84 Å². The van der Waals surface area contributed by atoms with Gasteiger partial charge in [-0.1, -0.05) is 0 Å². The van der Waals surface area contributed by atoms with Crippen molar-refractivity contribution in [2.75, 3.05) is 19.8 Å². The van der Waals surface area contributed by atoms with Crippen molar-refractivity contribution in [2.45, 2.75) is 5.41 Å². The molecule has 3 atom stereocenters. The molecule has 2 aliphatic rings. The van der Waals surface area contributed by atoms with Crippen molar-refractivity contribution in [3.63, 3.8) is 0 Å². The van der Waals surface area contributed by atoms with E-state index in [2.05, 4.69) is 20.9 Å². The molecule has 0 unspecified atom stereocenters. The molecule has 1 aliphatic carbocycles. The van der Waals surface area contributed by atoms with E-state index in [9.17, 15) is 5.11 Å². The number of aromatic nitrogens is 1. The third-order valence-corrected chi connectivity index (χ3v) is 4.23. The number of rotatable bonds is 2. The number of ether oxygens (including phenoxy) is 1. The molecular weight excluding hydrogens is 258 g/mol. The van der Waals surface area contributed by atoms with Gasteiger partial charge in [0.2, 0.25) is 0 Å². The monoisotopic (exact) mass is 269 g/mol. The van der Waals surface area contributed by atoms with Gasteiger partial charge in [-0.2, -0.15) is 0 Å². The number of aliphatic hydroxyl groups excluding tert-OH is 1. The van der Waals surface area contributed by atoms with E-state index in [0.717, 1.165) is 23.4 Å². The number of fused-ring (bicyclic) bond motifs is 1. The first kappa shape index (κ1) is 9.75. The van der Waals surface area contributed by atoms with Gasteiger partial charge in [-0.3, -0.25) is 4.98 Å². The Kier molecular flexibility index (Phi) is 2.13. The van der Waals surface area contributed by atoms with E-state index in [0.29, 0.717) is 11.8 Å². The zero-order valence-electron chi connectivity index (χ0n) is 8.19. The molecule has 0 spiro atoms. The van der Waals surface area contributed by atoms with E-state index >= 15 is 0 Å². The molecule has 3 rings (SSSR count). The largest absolute Gasteiger partial charge is 0.395 e. The third kappa shape index (κ3) is 1.22. The second kappa shape index (κ2) is 3.27. The smallest absolute Gasteiger partial charge is 0.0550 e. The van der Waals surface area contributed by atoms with Gasteiger partial charge >= 0.3 is 0 Å². The van der Waals surface area contributed by atoms with Crippen molar-refractivity contribution in [3.8, 4) is 0 Å². The minimum atomic E-state index is -0.112. The average Bonchev–Trinajstić information content (AvgIpc) is 2.65. The minimum Gasteiger partial charge on any atom is -0.395 e. The second-order valence-corrected chi connectivity index (χ2v) is 5.23. The highest BCUT2D eigenvalue weighted by atomic mass is 79.9. The Balaban J connectivity index is 1.95. The van der Waals surface area contributed by atoms with Crippen LogP contribution in [0, 0.1) is 11.8 Å². The van der Waals surface area contributed by atoms with Crippen molar-refractivity contribution >= 4 is 15.9 Å². The molecule has 0 amide bonds. The molecule has 1 N–H and O–H groups in total. The van der Waals surface area contributed by atoms with Crippen LogP contribution in [-0.4, -0.2) is 29.9 Å². The topological polar surface area (TPSA) is 42.4 Å². The van der Waals surface area contributed by atoms with Gasteiger partial charge in [0, 0.05) is 33.6 Å². The van der Waals surface area contributed by atoms with Crippen LogP contribution < -0.4 is 0 Å². The molecule has 0 radical (unpaired) electrons. The van der Waals surface area contributed by atoms with Crippen molar-refractivity contribution < 1.29 is 9.84 Å². The molecule has 1 aliphatic heterocycles. The molecule has 1 aromatic heterocycles. The van der Waals surface area contributed by atoms with Crippen molar-refractivity contribution in [1.82, 2.24) is 4.98 Å². The molecule has 15 heavy (non-hydrogen) atoms. The Hall–Kier alpha value is -0.450. The van der Waals surface area contributed by atoms with E-state index < -0.39 is 0 Å². The molecule has 4 heteroatoms. The first-order valence-corrected chi connectivity index (χ1v) is 5.89. The number of nitrogens with zero attached hydrogens (tertiary/aromatic N) is 1. The fourth-order valence-electron chi connectivity index (χ4n) is 2.80. The summed E-state index contributed by atoms with van der Waals surface area (Å²) in [6.45, 7) is 1.71. The lowest BCUT2D eigenvalue weighted by atomic mass is 9.97. The first-order valence-electron chi connectivity index (χ1n) is 5.09. The van der Waals surface area contributed by atoms with Gasteiger partial charge in [0.25, 0.3) is 0 Å². The third-order valence-electron chi connectivity index (χ3n) is 3.76. The van der Waals surface area contributed by atoms with Crippen LogP contribution in [0.1, 0.15) is 5.69 Å². The molecular formula is C11H12BrNO2. The van der Waals surface area contributed by atoms with Crippen LogP contribution in [0.3, 0.4) is 0 Å². The summed E-state index contributed by atoms with van der Waals surface area (Å²) in [5.74, 6) is 0.937. The van der Waals surface area contributed by atoms with E-state index in [1.165, 1.54) is 0 Å². The Morgan fingerprint density at radius 2 is 2.20 bits per heavy atom. The molecule has 2 heterocycles. The maximum atomic E-state index is 9.58. The van der Waals surface area contributed by atoms with Crippen LogP contribution in [0.2, 0.25) is 0 Å². The van der Waals surface area contributed by atoms with Crippen LogP contribution in [0.15, 0.2) is 22.8 Å². The lowest BCUT2D eigenvalue weighted by Crippen LogP contribution is -2.23. The molecule has 0 bridgehead atoms. The standard InChI is InChI=1S/C11H12BrNO2/c12-7-1-2-10(13-3-7)11(6-14)8-4-15-5-9(8)11/h1-3,8-9,14H,4-6H2/t8-,9+,11+. The van der Waals surface area contributed by atoms with E-state index in [1.807, 2.05) is 12.1 Å². The summed E-state index contributed by atoms with van der Waals surface area (Å²) in [4.78, 5) is 4.40. The van der Waals surface area contributed by atoms with Crippen LogP contribution in [0.5, 0.6) is 0 Å². The van der Waals surface area contributed by atoms with Crippen LogP contribution >= 0.6 is 15.9 Å². The lowest BCUT2D eigenvalue weighted by Gasteiger charge is -2.17. The van der Waals surface area contributed by atoms with Crippen LogP contribution in [-0.2, 0) is 10.2 Å². The molecule has 1 aromatic rings. The highest BCUT2D eigenvalue weighted by molar-refractivity contribution is 9.10. The summed E-state index contributed by atoms with van der Waals surface area (Å²) in [5, 5.41) is 9.58. The normalized spacial score (nSPS) is 37.7. The predicted octanol–water partition coefficient (Wildman–Crippen LogP) is 1.35. The zero-order valence-corrected chi connectivity index (χ0v) is 9.77. The molecule has 1 saturated heterocycles. The SMILES string of the molecule is OC[C@]1(c2ccc(Br)cn2)[C@@H]2COC[C@@H]21. The summed E-state index contributed by atoms with van der Waals surface area (Å²) in [6, 6.07) is 3.98. The summed E-state index contributed by atoms with van der Waals surface area (Å²) in [7, 11) is 0. The molecule has 0 aromatic carbocycles. The second-order valence-electron chi connectivity index (χ2n) is 4.31. The Bertz CT molecular complexity index is 369. The quantitative estimate of drug-likeness (QED) is 0.882. The zero-order chi connectivity index (χ0) is 10.5. The molecule has 3 nitrogen and oxygen atoms in total. The van der Waals surface area contributed by atoms with Crippen molar-refractivity contribution in [1.29, 1.82) is 0 Å². The highest BCUT2D eigenvalue weighted by Crippen LogP contribution is 2.62. The van der Waals surface area contributed by atoms with Crippen LogP contribution in [0.25, 0.3) is 0 Å². The summed E-state index contributed by atoms with van der Waals surface area (Å²) < 4.78 is 6.33. The number of hydrogen-bond acceptors (Lipinski definition) is 3. The van der Waals surface area contributed by atoms with Gasteiger partial charge in [-0.25, -0.2) is 0 Å².